The minimum Gasteiger partial charge on any atom is -0.382 e. The maximum Gasteiger partial charge on any atom is 0.292 e. The number of nitrogen functional groups attached to an aromatic ring is 1. The van der Waals surface area contributed by atoms with Crippen LogP contribution in [0.25, 0.3) is 0 Å². The standard InChI is InChI=1S/C13H14N6OS/c14-11-10(15-6-7-16-11)12(20)18-19-13(21)17-8-9-4-2-1-3-5-9/h1-7H,8H2,(H2,14,16)(H,18,20)(H2,17,19,21). The summed E-state index contributed by atoms with van der Waals surface area (Å²) >= 11 is 5.05. The molecule has 0 aliphatic rings. The van der Waals surface area contributed by atoms with Crippen molar-refractivity contribution in [1.29, 1.82) is 0 Å². The van der Waals surface area contributed by atoms with Gasteiger partial charge in [-0.25, -0.2) is 9.97 Å². The summed E-state index contributed by atoms with van der Waals surface area (Å²) in [5, 5.41) is 3.25. The van der Waals surface area contributed by atoms with E-state index in [-0.39, 0.29) is 16.6 Å². The Morgan fingerprint density at radius 2 is 1.86 bits per heavy atom. The van der Waals surface area contributed by atoms with Crippen LogP contribution in [0.2, 0.25) is 0 Å². The van der Waals surface area contributed by atoms with Crippen molar-refractivity contribution in [3.63, 3.8) is 0 Å². The highest BCUT2D eigenvalue weighted by Gasteiger charge is 2.11. The summed E-state index contributed by atoms with van der Waals surface area (Å²) in [6.07, 6.45) is 2.79. The smallest absolute Gasteiger partial charge is 0.292 e. The quantitative estimate of drug-likeness (QED) is 0.479. The molecule has 0 saturated heterocycles. The first kappa shape index (κ1) is 14.7. The lowest BCUT2D eigenvalue weighted by atomic mass is 10.2. The minimum absolute atomic E-state index is 0.0378. The number of nitrogens with zero attached hydrogens (tertiary/aromatic N) is 2. The van der Waals surface area contributed by atoms with Crippen molar-refractivity contribution in [3.05, 3.63) is 54.0 Å². The molecule has 7 nitrogen and oxygen atoms in total. The lowest BCUT2D eigenvalue weighted by Gasteiger charge is -2.11. The van der Waals surface area contributed by atoms with E-state index in [1.165, 1.54) is 12.4 Å². The number of carbonyl (C=O) groups is 1. The number of hydrogen-bond acceptors (Lipinski definition) is 5. The number of hydrogen-bond donors (Lipinski definition) is 4. The molecule has 2 rings (SSSR count). The molecule has 5 N–H and O–H groups in total. The number of aromatic nitrogens is 2. The predicted octanol–water partition coefficient (Wildman–Crippen LogP) is 0.368. The number of amides is 1. The van der Waals surface area contributed by atoms with Crippen LogP contribution >= 0.6 is 12.2 Å². The first-order chi connectivity index (χ1) is 10.2. The first-order valence-electron chi connectivity index (χ1n) is 6.11. The van der Waals surface area contributed by atoms with Gasteiger partial charge in [-0.3, -0.25) is 15.6 Å². The van der Waals surface area contributed by atoms with Crippen LogP contribution in [0, 0.1) is 0 Å². The van der Waals surface area contributed by atoms with Crippen molar-refractivity contribution in [1.82, 2.24) is 26.1 Å². The highest BCUT2D eigenvalue weighted by molar-refractivity contribution is 7.80. The van der Waals surface area contributed by atoms with Gasteiger partial charge in [0.05, 0.1) is 0 Å². The van der Waals surface area contributed by atoms with Gasteiger partial charge in [0.25, 0.3) is 5.91 Å². The Balaban J connectivity index is 1.79. The average Bonchev–Trinajstić information content (AvgIpc) is 2.52. The lowest BCUT2D eigenvalue weighted by molar-refractivity contribution is 0.0939. The molecule has 1 amide bonds. The Morgan fingerprint density at radius 3 is 2.57 bits per heavy atom. The zero-order valence-corrected chi connectivity index (χ0v) is 11.9. The van der Waals surface area contributed by atoms with Gasteiger partial charge in [-0.05, 0) is 17.8 Å². The molecular formula is C13H14N6OS. The number of thiocarbonyl (C=S) groups is 1. The lowest BCUT2D eigenvalue weighted by Crippen LogP contribution is -2.46. The summed E-state index contributed by atoms with van der Waals surface area (Å²) in [5.41, 5.74) is 11.6. The van der Waals surface area contributed by atoms with Gasteiger partial charge in [0.15, 0.2) is 16.6 Å². The van der Waals surface area contributed by atoms with E-state index in [4.69, 9.17) is 18.0 Å². The average molecular weight is 302 g/mol. The molecular weight excluding hydrogens is 288 g/mol. The molecule has 1 heterocycles. The van der Waals surface area contributed by atoms with E-state index in [2.05, 4.69) is 26.1 Å². The van der Waals surface area contributed by atoms with Crippen LogP contribution in [-0.4, -0.2) is 21.0 Å². The number of anilines is 1. The number of benzene rings is 1. The van der Waals surface area contributed by atoms with Crippen molar-refractivity contribution < 1.29 is 4.79 Å². The molecule has 1 aromatic heterocycles. The summed E-state index contributed by atoms with van der Waals surface area (Å²) in [6.45, 7) is 0.551. The van der Waals surface area contributed by atoms with Gasteiger partial charge in [-0.2, -0.15) is 0 Å². The van der Waals surface area contributed by atoms with Gasteiger partial charge in [-0.15, -0.1) is 0 Å². The monoisotopic (exact) mass is 302 g/mol. The van der Waals surface area contributed by atoms with Crippen molar-refractivity contribution in [2.75, 3.05) is 5.73 Å². The maximum atomic E-state index is 11.8. The van der Waals surface area contributed by atoms with Crippen LogP contribution in [0.15, 0.2) is 42.7 Å². The Hall–Kier alpha value is -2.74. The summed E-state index contributed by atoms with van der Waals surface area (Å²) in [4.78, 5) is 19.4. The van der Waals surface area contributed by atoms with Gasteiger partial charge in [0.2, 0.25) is 0 Å². The fraction of sp³-hybridized carbons (Fsp3) is 0.0769. The Kier molecular flexibility index (Phi) is 4.99. The minimum atomic E-state index is -0.510. The van der Waals surface area contributed by atoms with Crippen LogP contribution in [0.4, 0.5) is 5.82 Å². The molecule has 2 aromatic rings. The third kappa shape index (κ3) is 4.39. The molecule has 0 saturated carbocycles. The number of rotatable bonds is 3. The topological polar surface area (TPSA) is 105 Å². The van der Waals surface area contributed by atoms with Crippen molar-refractivity contribution in [2.45, 2.75) is 6.54 Å². The summed E-state index contributed by atoms with van der Waals surface area (Å²) in [5.74, 6) is -0.454. The molecule has 8 heteroatoms. The van der Waals surface area contributed by atoms with E-state index in [9.17, 15) is 4.79 Å². The molecule has 1 aromatic carbocycles. The second-order valence-corrected chi connectivity index (χ2v) is 4.45. The van der Waals surface area contributed by atoms with Crippen LogP contribution in [0.3, 0.4) is 0 Å². The molecule has 0 radical (unpaired) electrons. The van der Waals surface area contributed by atoms with Crippen LogP contribution in [0.5, 0.6) is 0 Å². The molecule has 0 unspecified atom stereocenters. The third-order valence-corrected chi connectivity index (χ3v) is 2.77. The molecule has 0 aliphatic carbocycles. The van der Waals surface area contributed by atoms with E-state index < -0.39 is 5.91 Å². The fourth-order valence-electron chi connectivity index (χ4n) is 1.52. The predicted molar refractivity (Wildman–Crippen MR) is 82.9 cm³/mol. The van der Waals surface area contributed by atoms with Crippen LogP contribution in [-0.2, 0) is 6.54 Å². The van der Waals surface area contributed by atoms with Crippen molar-refractivity contribution >= 4 is 29.1 Å². The molecule has 0 bridgehead atoms. The highest BCUT2D eigenvalue weighted by atomic mass is 32.1. The first-order valence-corrected chi connectivity index (χ1v) is 6.52. The van der Waals surface area contributed by atoms with Gasteiger partial charge >= 0.3 is 0 Å². The normalized spacial score (nSPS) is 9.71. The van der Waals surface area contributed by atoms with Gasteiger partial charge in [0, 0.05) is 18.9 Å². The molecule has 0 aliphatic heterocycles. The van der Waals surface area contributed by atoms with E-state index in [0.717, 1.165) is 5.56 Å². The fourth-order valence-corrected chi connectivity index (χ4v) is 1.64. The third-order valence-electron chi connectivity index (χ3n) is 2.53. The summed E-state index contributed by atoms with van der Waals surface area (Å²) < 4.78 is 0. The van der Waals surface area contributed by atoms with E-state index in [1.54, 1.807) is 0 Å². The SMILES string of the molecule is Nc1nccnc1C(=O)NNC(=S)NCc1ccccc1. The molecule has 0 fully saturated rings. The second kappa shape index (κ2) is 7.15. The summed E-state index contributed by atoms with van der Waals surface area (Å²) in [7, 11) is 0. The molecule has 21 heavy (non-hydrogen) atoms. The number of nitrogens with one attached hydrogen (secondary N) is 3. The van der Waals surface area contributed by atoms with Crippen LogP contribution < -0.4 is 21.9 Å². The Labute approximate surface area is 127 Å². The highest BCUT2D eigenvalue weighted by Crippen LogP contribution is 2.01. The second-order valence-electron chi connectivity index (χ2n) is 4.04. The van der Waals surface area contributed by atoms with Crippen LogP contribution in [0.1, 0.15) is 16.1 Å². The molecule has 0 spiro atoms. The van der Waals surface area contributed by atoms with Gasteiger partial charge in [0.1, 0.15) is 0 Å². The summed E-state index contributed by atoms with van der Waals surface area (Å²) in [6, 6.07) is 9.74. The Morgan fingerprint density at radius 1 is 1.14 bits per heavy atom. The molecule has 108 valence electrons. The molecule has 0 atom stereocenters. The van der Waals surface area contributed by atoms with Gasteiger partial charge < -0.3 is 11.1 Å². The largest absolute Gasteiger partial charge is 0.382 e. The zero-order chi connectivity index (χ0) is 15.1. The maximum absolute atomic E-state index is 11.8. The number of carbonyl (C=O) groups excluding carboxylic acids is 1. The number of hydrazine groups is 1. The number of nitrogens with two attached hydrogens (primary N) is 1. The van der Waals surface area contributed by atoms with Crippen molar-refractivity contribution in [2.24, 2.45) is 0 Å². The van der Waals surface area contributed by atoms with E-state index in [0.29, 0.717) is 6.54 Å². The van der Waals surface area contributed by atoms with E-state index in [1.807, 2.05) is 30.3 Å². The van der Waals surface area contributed by atoms with Crippen molar-refractivity contribution in [3.8, 4) is 0 Å². The Bertz CT molecular complexity index is 634. The van der Waals surface area contributed by atoms with E-state index >= 15 is 0 Å². The zero-order valence-electron chi connectivity index (χ0n) is 11.0. The van der Waals surface area contributed by atoms with Gasteiger partial charge in [-0.1, -0.05) is 30.3 Å².